The van der Waals surface area contributed by atoms with Crippen LogP contribution in [0.2, 0.25) is 5.02 Å². The van der Waals surface area contributed by atoms with Gasteiger partial charge in [-0.15, -0.1) is 0 Å². The van der Waals surface area contributed by atoms with E-state index >= 15 is 0 Å². The average Bonchev–Trinajstić information content (AvgIpc) is 2.73. The number of aromatic nitrogens is 2. The second-order valence-corrected chi connectivity index (χ2v) is 6.87. The molecule has 0 amide bonds. The van der Waals surface area contributed by atoms with Crippen molar-refractivity contribution in [2.24, 2.45) is 0 Å². The van der Waals surface area contributed by atoms with Crippen molar-refractivity contribution in [3.05, 3.63) is 35.1 Å². The highest BCUT2D eigenvalue weighted by molar-refractivity contribution is 6.30. The van der Waals surface area contributed by atoms with E-state index in [0.717, 1.165) is 42.3 Å². The number of imidazole rings is 1. The SMILES string of the molecule is CCCCn1c(C(C)(C)C)nc(-c2cccc(Cl)c2)c1N. The third-order valence-corrected chi connectivity index (χ3v) is 3.75. The van der Waals surface area contributed by atoms with Crippen LogP contribution < -0.4 is 5.73 Å². The van der Waals surface area contributed by atoms with Crippen LogP contribution in [0.25, 0.3) is 11.3 Å². The first-order chi connectivity index (χ1) is 9.84. The van der Waals surface area contributed by atoms with Crippen molar-refractivity contribution in [3.8, 4) is 11.3 Å². The van der Waals surface area contributed by atoms with Gasteiger partial charge in [0.05, 0.1) is 0 Å². The van der Waals surface area contributed by atoms with Crippen LogP contribution >= 0.6 is 11.6 Å². The smallest absolute Gasteiger partial charge is 0.131 e. The average molecular weight is 306 g/mol. The molecule has 0 radical (unpaired) electrons. The molecule has 114 valence electrons. The lowest BCUT2D eigenvalue weighted by Gasteiger charge is -2.20. The predicted octanol–water partition coefficient (Wildman–Crippen LogP) is 4.88. The first kappa shape index (κ1) is 15.9. The molecule has 21 heavy (non-hydrogen) atoms. The van der Waals surface area contributed by atoms with Crippen LogP contribution in [-0.2, 0) is 12.0 Å². The summed E-state index contributed by atoms with van der Waals surface area (Å²) in [6.45, 7) is 9.58. The van der Waals surface area contributed by atoms with Crippen LogP contribution in [0.3, 0.4) is 0 Å². The second-order valence-electron chi connectivity index (χ2n) is 6.43. The van der Waals surface area contributed by atoms with Crippen molar-refractivity contribution >= 4 is 17.4 Å². The molecular formula is C17H24ClN3. The summed E-state index contributed by atoms with van der Waals surface area (Å²) < 4.78 is 2.15. The summed E-state index contributed by atoms with van der Waals surface area (Å²) in [7, 11) is 0. The summed E-state index contributed by atoms with van der Waals surface area (Å²) in [5.41, 5.74) is 8.14. The molecule has 0 fully saturated rings. The summed E-state index contributed by atoms with van der Waals surface area (Å²) in [6, 6.07) is 7.71. The highest BCUT2D eigenvalue weighted by Gasteiger charge is 2.25. The Balaban J connectivity index is 2.55. The summed E-state index contributed by atoms with van der Waals surface area (Å²) in [5.74, 6) is 1.76. The molecule has 1 heterocycles. The molecule has 0 bridgehead atoms. The van der Waals surface area contributed by atoms with Gasteiger partial charge in [-0.3, -0.25) is 0 Å². The molecule has 4 heteroatoms. The summed E-state index contributed by atoms with van der Waals surface area (Å²) in [4.78, 5) is 4.82. The van der Waals surface area contributed by atoms with Gasteiger partial charge >= 0.3 is 0 Å². The van der Waals surface area contributed by atoms with E-state index in [9.17, 15) is 0 Å². The molecule has 1 aromatic carbocycles. The van der Waals surface area contributed by atoms with Gasteiger partial charge < -0.3 is 10.3 Å². The van der Waals surface area contributed by atoms with Crippen molar-refractivity contribution in [1.29, 1.82) is 0 Å². The standard InChI is InChI=1S/C17H24ClN3/c1-5-6-10-21-15(19)14(20-16(21)17(2,3)4)12-8-7-9-13(18)11-12/h7-9,11H,5-6,10,19H2,1-4H3. The van der Waals surface area contributed by atoms with Crippen LogP contribution in [0.1, 0.15) is 46.4 Å². The normalized spacial score (nSPS) is 11.9. The van der Waals surface area contributed by atoms with E-state index in [0.29, 0.717) is 5.02 Å². The molecular weight excluding hydrogens is 282 g/mol. The molecule has 2 aromatic rings. The topological polar surface area (TPSA) is 43.8 Å². The Kier molecular flexibility index (Phi) is 4.62. The molecule has 0 atom stereocenters. The van der Waals surface area contributed by atoms with Crippen LogP contribution in [-0.4, -0.2) is 9.55 Å². The maximum Gasteiger partial charge on any atom is 0.131 e. The molecule has 0 saturated carbocycles. The fraction of sp³-hybridized carbons (Fsp3) is 0.471. The highest BCUT2D eigenvalue weighted by atomic mass is 35.5. The van der Waals surface area contributed by atoms with E-state index in [4.69, 9.17) is 22.3 Å². The predicted molar refractivity (Wildman–Crippen MR) is 90.7 cm³/mol. The molecule has 0 aliphatic rings. The van der Waals surface area contributed by atoms with Gasteiger partial charge in [-0.05, 0) is 18.6 Å². The Hall–Kier alpha value is -1.48. The third-order valence-electron chi connectivity index (χ3n) is 3.51. The van der Waals surface area contributed by atoms with Gasteiger partial charge in [0.1, 0.15) is 17.3 Å². The number of halogens is 1. The molecule has 2 rings (SSSR count). The van der Waals surface area contributed by atoms with Gasteiger partial charge in [0, 0.05) is 22.5 Å². The van der Waals surface area contributed by atoms with Gasteiger partial charge in [0.2, 0.25) is 0 Å². The number of benzene rings is 1. The lowest BCUT2D eigenvalue weighted by Crippen LogP contribution is -2.20. The number of unbranched alkanes of at least 4 members (excludes halogenated alkanes) is 1. The van der Waals surface area contributed by atoms with Crippen LogP contribution in [0, 0.1) is 0 Å². The number of nitrogens with two attached hydrogens (primary N) is 1. The number of nitrogen functional groups attached to an aromatic ring is 1. The highest BCUT2D eigenvalue weighted by Crippen LogP contribution is 2.33. The van der Waals surface area contributed by atoms with Crippen LogP contribution in [0.5, 0.6) is 0 Å². The lowest BCUT2D eigenvalue weighted by molar-refractivity contribution is 0.491. The zero-order valence-electron chi connectivity index (χ0n) is 13.3. The minimum atomic E-state index is -0.0430. The number of rotatable bonds is 4. The van der Waals surface area contributed by atoms with E-state index < -0.39 is 0 Å². The molecule has 3 nitrogen and oxygen atoms in total. The van der Waals surface area contributed by atoms with Gasteiger partial charge in [-0.2, -0.15) is 0 Å². The van der Waals surface area contributed by atoms with E-state index in [1.165, 1.54) is 0 Å². The van der Waals surface area contributed by atoms with Crippen LogP contribution in [0.15, 0.2) is 24.3 Å². The zero-order valence-corrected chi connectivity index (χ0v) is 14.0. The number of anilines is 1. The van der Waals surface area contributed by atoms with Crippen molar-refractivity contribution in [2.75, 3.05) is 5.73 Å². The maximum atomic E-state index is 6.38. The Morgan fingerprint density at radius 3 is 2.57 bits per heavy atom. The van der Waals surface area contributed by atoms with Gasteiger partial charge in [-0.1, -0.05) is 57.8 Å². The molecule has 1 aromatic heterocycles. The second kappa shape index (κ2) is 6.10. The molecule has 0 unspecified atom stereocenters. The Labute approximate surface area is 132 Å². The molecule has 0 aliphatic heterocycles. The largest absolute Gasteiger partial charge is 0.383 e. The zero-order chi connectivity index (χ0) is 15.6. The fourth-order valence-corrected chi connectivity index (χ4v) is 2.62. The minimum Gasteiger partial charge on any atom is -0.383 e. The van der Waals surface area contributed by atoms with E-state index in [-0.39, 0.29) is 5.41 Å². The maximum absolute atomic E-state index is 6.38. The first-order valence-electron chi connectivity index (χ1n) is 7.47. The first-order valence-corrected chi connectivity index (χ1v) is 7.84. The van der Waals surface area contributed by atoms with E-state index in [1.807, 2.05) is 24.3 Å². The van der Waals surface area contributed by atoms with Crippen molar-refractivity contribution < 1.29 is 0 Å². The quantitative estimate of drug-likeness (QED) is 0.874. The fourth-order valence-electron chi connectivity index (χ4n) is 2.43. The monoisotopic (exact) mass is 305 g/mol. The van der Waals surface area contributed by atoms with Crippen LogP contribution in [0.4, 0.5) is 5.82 Å². The summed E-state index contributed by atoms with van der Waals surface area (Å²) >= 11 is 6.09. The van der Waals surface area contributed by atoms with Gasteiger partial charge in [-0.25, -0.2) is 4.98 Å². The van der Waals surface area contributed by atoms with E-state index in [1.54, 1.807) is 0 Å². The van der Waals surface area contributed by atoms with Crippen molar-refractivity contribution in [1.82, 2.24) is 9.55 Å². The lowest BCUT2D eigenvalue weighted by atomic mass is 9.95. The molecule has 0 spiro atoms. The number of hydrogen-bond acceptors (Lipinski definition) is 2. The van der Waals surface area contributed by atoms with Gasteiger partial charge in [0.25, 0.3) is 0 Å². The molecule has 0 saturated heterocycles. The molecule has 2 N–H and O–H groups in total. The minimum absolute atomic E-state index is 0.0430. The summed E-state index contributed by atoms with van der Waals surface area (Å²) in [5, 5.41) is 0.701. The number of nitrogens with zero attached hydrogens (tertiary/aromatic N) is 2. The van der Waals surface area contributed by atoms with Crippen molar-refractivity contribution in [2.45, 2.75) is 52.5 Å². The Bertz CT molecular complexity index is 623. The summed E-state index contributed by atoms with van der Waals surface area (Å²) in [6.07, 6.45) is 2.23. The van der Waals surface area contributed by atoms with Crippen molar-refractivity contribution in [3.63, 3.8) is 0 Å². The Morgan fingerprint density at radius 2 is 2.00 bits per heavy atom. The molecule has 0 aliphatic carbocycles. The number of hydrogen-bond donors (Lipinski definition) is 1. The Morgan fingerprint density at radius 1 is 1.29 bits per heavy atom. The van der Waals surface area contributed by atoms with E-state index in [2.05, 4.69) is 32.3 Å². The third kappa shape index (κ3) is 3.41. The van der Waals surface area contributed by atoms with Gasteiger partial charge in [0.15, 0.2) is 0 Å².